The topological polar surface area (TPSA) is 71.0 Å². The Morgan fingerprint density at radius 1 is 1.23 bits per heavy atom. The smallest absolute Gasteiger partial charge is 0.240 e. The Kier molecular flexibility index (Phi) is 5.48. The van der Waals surface area contributed by atoms with Gasteiger partial charge in [-0.05, 0) is 44.3 Å². The van der Waals surface area contributed by atoms with Crippen molar-refractivity contribution in [1.82, 2.24) is 20.6 Å². The summed E-state index contributed by atoms with van der Waals surface area (Å²) >= 11 is 5.10. The van der Waals surface area contributed by atoms with Gasteiger partial charge < -0.3 is 5.32 Å². The standard InChI is InChI=1S/C15H19N5OS/c1-11-10-12(2)20(19-11)9-8-14(21)17-18-15(22)16-13-6-4-3-5-7-13/h3-7,10H,8-9H2,1-2H3,(H,17,21)(H2,16,18,22). The first-order valence-corrected chi connectivity index (χ1v) is 7.37. The van der Waals surface area contributed by atoms with Gasteiger partial charge in [0.05, 0.1) is 12.2 Å². The van der Waals surface area contributed by atoms with Gasteiger partial charge in [-0.15, -0.1) is 0 Å². The van der Waals surface area contributed by atoms with Gasteiger partial charge >= 0.3 is 0 Å². The zero-order valence-corrected chi connectivity index (χ0v) is 13.4. The number of nitrogens with one attached hydrogen (secondary N) is 3. The molecule has 2 aromatic rings. The summed E-state index contributed by atoms with van der Waals surface area (Å²) in [7, 11) is 0. The van der Waals surface area contributed by atoms with Crippen molar-refractivity contribution < 1.29 is 4.79 Å². The number of thiocarbonyl (C=S) groups is 1. The van der Waals surface area contributed by atoms with Crippen molar-refractivity contribution in [1.29, 1.82) is 0 Å². The zero-order valence-electron chi connectivity index (χ0n) is 12.6. The van der Waals surface area contributed by atoms with E-state index in [0.29, 0.717) is 18.1 Å². The average molecular weight is 317 g/mol. The molecule has 6 nitrogen and oxygen atoms in total. The molecule has 0 saturated carbocycles. The van der Waals surface area contributed by atoms with Gasteiger partial charge in [-0.1, -0.05) is 18.2 Å². The Morgan fingerprint density at radius 3 is 2.59 bits per heavy atom. The van der Waals surface area contributed by atoms with Crippen LogP contribution in [-0.2, 0) is 11.3 Å². The third kappa shape index (κ3) is 4.85. The number of carbonyl (C=O) groups excluding carboxylic acids is 1. The number of aromatic nitrogens is 2. The number of hydrazine groups is 1. The molecule has 116 valence electrons. The van der Waals surface area contributed by atoms with Crippen molar-refractivity contribution in [2.75, 3.05) is 5.32 Å². The van der Waals surface area contributed by atoms with Crippen LogP contribution in [0.2, 0.25) is 0 Å². The van der Waals surface area contributed by atoms with E-state index in [2.05, 4.69) is 21.3 Å². The van der Waals surface area contributed by atoms with Crippen LogP contribution in [0.1, 0.15) is 17.8 Å². The lowest BCUT2D eigenvalue weighted by Gasteiger charge is -2.11. The second kappa shape index (κ2) is 7.56. The molecule has 0 aliphatic rings. The molecule has 0 spiro atoms. The Hall–Kier alpha value is -2.41. The molecule has 0 unspecified atom stereocenters. The molecule has 0 aliphatic heterocycles. The van der Waals surface area contributed by atoms with Gasteiger partial charge in [0, 0.05) is 17.8 Å². The van der Waals surface area contributed by atoms with Crippen molar-refractivity contribution in [3.05, 3.63) is 47.8 Å². The van der Waals surface area contributed by atoms with Crippen LogP contribution >= 0.6 is 12.2 Å². The normalized spacial score (nSPS) is 10.1. The molecule has 2 rings (SSSR count). The first-order valence-electron chi connectivity index (χ1n) is 6.96. The fourth-order valence-corrected chi connectivity index (χ4v) is 2.15. The van der Waals surface area contributed by atoms with Crippen molar-refractivity contribution in [3.63, 3.8) is 0 Å². The van der Waals surface area contributed by atoms with Crippen LogP contribution in [-0.4, -0.2) is 20.8 Å². The lowest BCUT2D eigenvalue weighted by molar-refractivity contribution is -0.121. The summed E-state index contributed by atoms with van der Waals surface area (Å²) in [4.78, 5) is 11.8. The van der Waals surface area contributed by atoms with Crippen molar-refractivity contribution in [2.45, 2.75) is 26.8 Å². The Morgan fingerprint density at radius 2 is 1.95 bits per heavy atom. The van der Waals surface area contributed by atoms with Gasteiger partial charge in [0.15, 0.2) is 5.11 Å². The van der Waals surface area contributed by atoms with Crippen LogP contribution in [0.5, 0.6) is 0 Å². The molecular weight excluding hydrogens is 298 g/mol. The van der Waals surface area contributed by atoms with E-state index in [-0.39, 0.29) is 5.91 Å². The summed E-state index contributed by atoms with van der Waals surface area (Å²) in [6.45, 7) is 4.43. The summed E-state index contributed by atoms with van der Waals surface area (Å²) in [6.07, 6.45) is 0.322. The van der Waals surface area contributed by atoms with Crippen LogP contribution in [0.4, 0.5) is 5.69 Å². The van der Waals surface area contributed by atoms with Gasteiger partial charge in [-0.25, -0.2) is 0 Å². The Bertz CT molecular complexity index is 653. The highest BCUT2D eigenvalue weighted by atomic mass is 32.1. The van der Waals surface area contributed by atoms with Gasteiger partial charge in [0.1, 0.15) is 0 Å². The Balaban J connectivity index is 1.71. The fourth-order valence-electron chi connectivity index (χ4n) is 1.98. The number of nitrogens with zero attached hydrogens (tertiary/aromatic N) is 2. The lowest BCUT2D eigenvalue weighted by atomic mass is 10.3. The second-order valence-corrected chi connectivity index (χ2v) is 5.30. The van der Waals surface area contributed by atoms with E-state index in [1.54, 1.807) is 0 Å². The maximum absolute atomic E-state index is 11.8. The molecule has 0 atom stereocenters. The van der Waals surface area contributed by atoms with Gasteiger partial charge in [-0.2, -0.15) is 5.10 Å². The second-order valence-electron chi connectivity index (χ2n) is 4.89. The molecule has 3 N–H and O–H groups in total. The van der Waals surface area contributed by atoms with Crippen LogP contribution in [0, 0.1) is 13.8 Å². The molecular formula is C15H19N5OS. The largest absolute Gasteiger partial charge is 0.331 e. The number of benzene rings is 1. The summed E-state index contributed by atoms with van der Waals surface area (Å²) in [5, 5.41) is 7.62. The summed E-state index contributed by atoms with van der Waals surface area (Å²) < 4.78 is 1.81. The first kappa shape index (κ1) is 16.0. The van der Waals surface area contributed by atoms with Crippen molar-refractivity contribution in [2.24, 2.45) is 0 Å². The molecule has 1 heterocycles. The molecule has 0 aliphatic carbocycles. The van der Waals surface area contributed by atoms with E-state index in [1.807, 2.05) is 54.9 Å². The first-order chi connectivity index (χ1) is 10.5. The number of rotatable bonds is 4. The maximum atomic E-state index is 11.8. The van der Waals surface area contributed by atoms with Crippen molar-refractivity contribution >= 4 is 28.9 Å². The van der Waals surface area contributed by atoms with Crippen LogP contribution in [0.3, 0.4) is 0 Å². The maximum Gasteiger partial charge on any atom is 0.240 e. The van der Waals surface area contributed by atoms with E-state index < -0.39 is 0 Å². The number of hydrogen-bond donors (Lipinski definition) is 3. The highest BCUT2D eigenvalue weighted by Gasteiger charge is 2.05. The quantitative estimate of drug-likeness (QED) is 0.593. The number of hydrogen-bond acceptors (Lipinski definition) is 3. The summed E-state index contributed by atoms with van der Waals surface area (Å²) in [5.41, 5.74) is 8.09. The number of para-hydroxylation sites is 1. The van der Waals surface area contributed by atoms with E-state index in [1.165, 1.54) is 0 Å². The molecule has 0 bridgehead atoms. The Labute approximate surface area is 134 Å². The van der Waals surface area contributed by atoms with Crippen LogP contribution in [0.15, 0.2) is 36.4 Å². The van der Waals surface area contributed by atoms with Crippen LogP contribution < -0.4 is 16.2 Å². The SMILES string of the molecule is Cc1cc(C)n(CCC(=O)NNC(=S)Nc2ccccc2)n1. The number of carbonyl (C=O) groups is 1. The predicted octanol–water partition coefficient (Wildman–Crippen LogP) is 1.91. The van der Waals surface area contributed by atoms with Crippen molar-refractivity contribution in [3.8, 4) is 0 Å². The monoisotopic (exact) mass is 317 g/mol. The van der Waals surface area contributed by atoms with Gasteiger partial charge in [0.25, 0.3) is 0 Å². The average Bonchev–Trinajstić information content (AvgIpc) is 2.82. The number of anilines is 1. The molecule has 22 heavy (non-hydrogen) atoms. The van der Waals surface area contributed by atoms with E-state index in [9.17, 15) is 4.79 Å². The highest BCUT2D eigenvalue weighted by molar-refractivity contribution is 7.80. The third-order valence-corrected chi connectivity index (χ3v) is 3.21. The summed E-state index contributed by atoms with van der Waals surface area (Å²) in [6, 6.07) is 11.5. The predicted molar refractivity (Wildman–Crippen MR) is 90.3 cm³/mol. The van der Waals surface area contributed by atoms with E-state index in [0.717, 1.165) is 17.1 Å². The summed E-state index contributed by atoms with van der Waals surface area (Å²) in [5.74, 6) is -0.148. The minimum atomic E-state index is -0.148. The molecule has 1 amide bonds. The highest BCUT2D eigenvalue weighted by Crippen LogP contribution is 2.04. The number of aryl methyl sites for hydroxylation is 3. The fraction of sp³-hybridized carbons (Fsp3) is 0.267. The minimum absolute atomic E-state index is 0.148. The third-order valence-electron chi connectivity index (χ3n) is 3.00. The van der Waals surface area contributed by atoms with Gasteiger partial charge in [-0.3, -0.25) is 20.3 Å². The molecule has 0 fully saturated rings. The zero-order chi connectivity index (χ0) is 15.9. The minimum Gasteiger partial charge on any atom is -0.331 e. The van der Waals surface area contributed by atoms with Crippen LogP contribution in [0.25, 0.3) is 0 Å². The molecule has 7 heteroatoms. The molecule has 0 radical (unpaired) electrons. The number of amides is 1. The molecule has 1 aromatic heterocycles. The molecule has 0 saturated heterocycles. The molecule has 1 aromatic carbocycles. The van der Waals surface area contributed by atoms with E-state index >= 15 is 0 Å². The lowest BCUT2D eigenvalue weighted by Crippen LogP contribution is -2.44. The van der Waals surface area contributed by atoms with Gasteiger partial charge in [0.2, 0.25) is 5.91 Å². The van der Waals surface area contributed by atoms with E-state index in [4.69, 9.17) is 12.2 Å².